The number of nitriles is 1. The Labute approximate surface area is 216 Å². The van der Waals surface area contributed by atoms with Gasteiger partial charge >= 0.3 is 12.4 Å². The van der Waals surface area contributed by atoms with Gasteiger partial charge in [-0.25, -0.2) is 13.8 Å². The fourth-order valence-corrected chi connectivity index (χ4v) is 4.51. The van der Waals surface area contributed by atoms with E-state index in [1.165, 1.54) is 25.1 Å². The molecule has 1 unspecified atom stereocenters. The van der Waals surface area contributed by atoms with E-state index in [0.29, 0.717) is 33.3 Å². The number of rotatable bonds is 10. The van der Waals surface area contributed by atoms with Crippen molar-refractivity contribution >= 4 is 11.3 Å². The molecule has 0 spiro atoms. The van der Waals surface area contributed by atoms with Gasteiger partial charge in [0.05, 0.1) is 27.6 Å². The second-order valence-electron chi connectivity index (χ2n) is 8.24. The first-order valence-electron chi connectivity index (χ1n) is 11.3. The number of halogens is 8. The molecule has 0 aliphatic rings. The van der Waals surface area contributed by atoms with Gasteiger partial charge in [0.15, 0.2) is 11.6 Å². The molecule has 0 aliphatic heterocycles. The zero-order valence-electron chi connectivity index (χ0n) is 19.8. The van der Waals surface area contributed by atoms with E-state index in [2.05, 4.69) is 10.3 Å². The number of alkyl halides is 6. The molecule has 1 aromatic heterocycles. The third-order valence-electron chi connectivity index (χ3n) is 5.66. The molecule has 1 atom stereocenters. The minimum atomic E-state index is -4.53. The largest absolute Gasteiger partial charge is 0.485 e. The SMILES string of the molecule is CCC(CCNCc1nc(-c2ccc(C(F)(F)F)cc2)sc1COc1cc(F)c(C#N)cc1F)C(F)(F)F. The summed E-state index contributed by atoms with van der Waals surface area (Å²) in [5, 5.41) is 12.0. The smallest absolute Gasteiger partial charge is 0.416 e. The van der Waals surface area contributed by atoms with Crippen LogP contribution in [0.1, 0.15) is 41.5 Å². The summed E-state index contributed by atoms with van der Waals surface area (Å²) in [6.07, 6.45) is -9.10. The summed E-state index contributed by atoms with van der Waals surface area (Å²) in [6, 6.07) is 7.14. The number of thiazole rings is 1. The number of aromatic nitrogens is 1. The Kier molecular flexibility index (Phi) is 9.32. The highest BCUT2D eigenvalue weighted by molar-refractivity contribution is 7.15. The van der Waals surface area contributed by atoms with E-state index in [9.17, 15) is 35.1 Å². The number of nitrogens with one attached hydrogen (secondary N) is 1. The fraction of sp³-hybridized carbons (Fsp3) is 0.360. The molecule has 1 N–H and O–H groups in total. The normalized spacial score (nSPS) is 12.8. The summed E-state index contributed by atoms with van der Waals surface area (Å²) < 4.78 is 111. The molecular formula is C25H21F8N3OS. The Morgan fingerprint density at radius 1 is 1.05 bits per heavy atom. The molecule has 0 saturated carbocycles. The van der Waals surface area contributed by atoms with E-state index >= 15 is 0 Å². The molecule has 0 amide bonds. The summed E-state index contributed by atoms with van der Waals surface area (Å²) in [4.78, 5) is 4.80. The predicted molar refractivity (Wildman–Crippen MR) is 124 cm³/mol. The van der Waals surface area contributed by atoms with Gasteiger partial charge in [0.2, 0.25) is 0 Å². The van der Waals surface area contributed by atoms with E-state index in [1.807, 2.05) is 0 Å². The summed E-state index contributed by atoms with van der Waals surface area (Å²) in [7, 11) is 0. The molecule has 0 aliphatic carbocycles. The van der Waals surface area contributed by atoms with Gasteiger partial charge in [0, 0.05) is 18.2 Å². The molecular weight excluding hydrogens is 542 g/mol. The lowest BCUT2D eigenvalue weighted by atomic mass is 10.0. The monoisotopic (exact) mass is 563 g/mol. The zero-order chi connectivity index (χ0) is 28.1. The first kappa shape index (κ1) is 29.3. The highest BCUT2D eigenvalue weighted by atomic mass is 32.1. The van der Waals surface area contributed by atoms with Crippen molar-refractivity contribution in [3.63, 3.8) is 0 Å². The second-order valence-corrected chi connectivity index (χ2v) is 9.32. The Morgan fingerprint density at radius 2 is 1.74 bits per heavy atom. The summed E-state index contributed by atoms with van der Waals surface area (Å²) in [5.74, 6) is -3.92. The van der Waals surface area contributed by atoms with Crippen LogP contribution in [0.4, 0.5) is 35.1 Å². The fourth-order valence-electron chi connectivity index (χ4n) is 3.51. The molecule has 204 valence electrons. The number of hydrogen-bond donors (Lipinski definition) is 1. The average molecular weight is 564 g/mol. The van der Waals surface area contributed by atoms with Crippen molar-refractivity contribution in [3.05, 3.63) is 69.7 Å². The number of hydrogen-bond acceptors (Lipinski definition) is 5. The van der Waals surface area contributed by atoms with Gasteiger partial charge < -0.3 is 10.1 Å². The van der Waals surface area contributed by atoms with Crippen molar-refractivity contribution in [1.29, 1.82) is 5.26 Å². The zero-order valence-corrected chi connectivity index (χ0v) is 20.6. The van der Waals surface area contributed by atoms with Gasteiger partial charge in [0.1, 0.15) is 23.5 Å². The molecule has 0 bridgehead atoms. The van der Waals surface area contributed by atoms with Crippen LogP contribution in [0.2, 0.25) is 0 Å². The van der Waals surface area contributed by atoms with E-state index < -0.39 is 46.8 Å². The lowest BCUT2D eigenvalue weighted by Gasteiger charge is -2.18. The van der Waals surface area contributed by atoms with Crippen LogP contribution in [0.5, 0.6) is 5.75 Å². The van der Waals surface area contributed by atoms with Crippen LogP contribution in [0.3, 0.4) is 0 Å². The molecule has 1 heterocycles. The molecule has 0 fully saturated rings. The van der Waals surface area contributed by atoms with Gasteiger partial charge in [-0.3, -0.25) is 0 Å². The van der Waals surface area contributed by atoms with Crippen molar-refractivity contribution in [1.82, 2.24) is 10.3 Å². The van der Waals surface area contributed by atoms with Crippen LogP contribution in [-0.2, 0) is 19.3 Å². The van der Waals surface area contributed by atoms with Crippen LogP contribution in [0.25, 0.3) is 10.6 Å². The Bertz CT molecular complexity index is 1280. The predicted octanol–water partition coefficient (Wildman–Crippen LogP) is 7.63. The Morgan fingerprint density at radius 3 is 2.32 bits per heavy atom. The van der Waals surface area contributed by atoms with Crippen molar-refractivity contribution < 1.29 is 39.9 Å². The van der Waals surface area contributed by atoms with E-state index in [0.717, 1.165) is 23.5 Å². The minimum absolute atomic E-state index is 0.00827. The van der Waals surface area contributed by atoms with Crippen LogP contribution >= 0.6 is 11.3 Å². The summed E-state index contributed by atoms with van der Waals surface area (Å²) in [5.41, 5.74) is -0.670. The second kappa shape index (κ2) is 12.1. The lowest BCUT2D eigenvalue weighted by Crippen LogP contribution is -2.27. The van der Waals surface area contributed by atoms with E-state index in [1.54, 1.807) is 0 Å². The molecule has 0 radical (unpaired) electrons. The quantitative estimate of drug-likeness (QED) is 0.204. The standard InChI is InChI=1S/C25H21F8N3OS/c1-2-16(24(28,29)30)7-8-35-12-20-22(13-37-21-10-18(26)15(11-34)9-19(21)27)38-23(36-20)14-3-5-17(6-4-14)25(31,32)33/h3-6,9-10,16,35H,2,7-8,12-13H2,1H3. The van der Waals surface area contributed by atoms with Crippen LogP contribution in [0.15, 0.2) is 36.4 Å². The first-order valence-corrected chi connectivity index (χ1v) is 12.1. The van der Waals surface area contributed by atoms with Crippen LogP contribution in [-0.4, -0.2) is 17.7 Å². The van der Waals surface area contributed by atoms with Gasteiger partial charge in [0.25, 0.3) is 0 Å². The molecule has 13 heteroatoms. The van der Waals surface area contributed by atoms with Gasteiger partial charge in [-0.15, -0.1) is 11.3 Å². The van der Waals surface area contributed by atoms with Crippen molar-refractivity contribution in [2.45, 2.75) is 45.3 Å². The van der Waals surface area contributed by atoms with Crippen LogP contribution in [0, 0.1) is 28.9 Å². The van der Waals surface area contributed by atoms with Crippen LogP contribution < -0.4 is 10.1 Å². The topological polar surface area (TPSA) is 57.9 Å². The van der Waals surface area contributed by atoms with Crippen molar-refractivity contribution in [2.24, 2.45) is 5.92 Å². The third kappa shape index (κ3) is 7.41. The molecule has 4 nitrogen and oxygen atoms in total. The molecule has 3 aromatic rings. The third-order valence-corrected chi connectivity index (χ3v) is 6.78. The number of benzene rings is 2. The van der Waals surface area contributed by atoms with Gasteiger partial charge in [-0.1, -0.05) is 19.1 Å². The summed E-state index contributed by atoms with van der Waals surface area (Å²) >= 11 is 1.03. The molecule has 2 aromatic carbocycles. The highest BCUT2D eigenvalue weighted by Gasteiger charge is 2.37. The first-order chi connectivity index (χ1) is 17.8. The van der Waals surface area contributed by atoms with Crippen molar-refractivity contribution in [2.75, 3.05) is 6.54 Å². The molecule has 0 saturated heterocycles. The van der Waals surface area contributed by atoms with Crippen molar-refractivity contribution in [3.8, 4) is 22.4 Å². The minimum Gasteiger partial charge on any atom is -0.485 e. The maximum atomic E-state index is 14.2. The summed E-state index contributed by atoms with van der Waals surface area (Å²) in [6.45, 7) is 1.16. The highest BCUT2D eigenvalue weighted by Crippen LogP contribution is 2.34. The van der Waals surface area contributed by atoms with Gasteiger partial charge in [-0.2, -0.15) is 31.6 Å². The number of nitrogens with zero attached hydrogens (tertiary/aromatic N) is 2. The maximum absolute atomic E-state index is 14.2. The average Bonchev–Trinajstić information content (AvgIpc) is 3.26. The lowest BCUT2D eigenvalue weighted by molar-refractivity contribution is -0.176. The Hall–Kier alpha value is -3.24. The van der Waals surface area contributed by atoms with Gasteiger partial charge in [-0.05, 0) is 37.6 Å². The number of ether oxygens (including phenoxy) is 1. The Balaban J connectivity index is 1.81. The van der Waals surface area contributed by atoms with E-state index in [4.69, 9.17) is 10.00 Å². The molecule has 3 rings (SSSR count). The molecule has 38 heavy (non-hydrogen) atoms. The van der Waals surface area contributed by atoms with E-state index in [-0.39, 0.29) is 32.5 Å². The maximum Gasteiger partial charge on any atom is 0.416 e.